The van der Waals surface area contributed by atoms with Crippen molar-refractivity contribution in [3.8, 4) is 11.4 Å². The summed E-state index contributed by atoms with van der Waals surface area (Å²) >= 11 is 4.90. The van der Waals surface area contributed by atoms with Crippen LogP contribution in [0.5, 0.6) is 0 Å². The third-order valence-corrected chi connectivity index (χ3v) is 2.77. The van der Waals surface area contributed by atoms with Gasteiger partial charge >= 0.3 is 0 Å². The molecule has 0 saturated heterocycles. The first kappa shape index (κ1) is 10.2. The SMILES string of the molecule is Fc1ccc2cc(-c3nc(=S)[nH][nH]3)ccc2c1. The van der Waals surface area contributed by atoms with E-state index in [0.717, 1.165) is 16.3 Å². The summed E-state index contributed by atoms with van der Waals surface area (Å²) in [5.41, 5.74) is 0.913. The van der Waals surface area contributed by atoms with Gasteiger partial charge in [-0.3, -0.25) is 10.2 Å². The first-order chi connectivity index (χ1) is 8.22. The molecule has 0 spiro atoms. The van der Waals surface area contributed by atoms with E-state index in [1.165, 1.54) is 12.1 Å². The molecule has 0 aliphatic rings. The first-order valence-corrected chi connectivity index (χ1v) is 5.47. The van der Waals surface area contributed by atoms with Gasteiger partial charge in [-0.05, 0) is 41.2 Å². The fourth-order valence-corrected chi connectivity index (χ4v) is 1.91. The highest BCUT2D eigenvalue weighted by Gasteiger charge is 2.03. The summed E-state index contributed by atoms with van der Waals surface area (Å²) in [6, 6.07) is 10.4. The summed E-state index contributed by atoms with van der Waals surface area (Å²) in [6.07, 6.45) is 0. The standard InChI is InChI=1S/C12H8FN3S/c13-10-4-3-7-5-9(2-1-8(7)6-10)11-14-12(17)16-15-11/h1-6H,(H2,14,15,16,17). The molecule has 84 valence electrons. The van der Waals surface area contributed by atoms with Crippen molar-refractivity contribution in [2.75, 3.05) is 0 Å². The number of rotatable bonds is 1. The molecule has 5 heteroatoms. The van der Waals surface area contributed by atoms with Crippen LogP contribution in [0.3, 0.4) is 0 Å². The summed E-state index contributed by atoms with van der Waals surface area (Å²) in [5, 5.41) is 7.45. The van der Waals surface area contributed by atoms with Crippen molar-refractivity contribution in [1.29, 1.82) is 0 Å². The van der Waals surface area contributed by atoms with Gasteiger partial charge in [-0.15, -0.1) is 0 Å². The molecule has 17 heavy (non-hydrogen) atoms. The van der Waals surface area contributed by atoms with Crippen LogP contribution in [0.25, 0.3) is 22.2 Å². The van der Waals surface area contributed by atoms with E-state index >= 15 is 0 Å². The van der Waals surface area contributed by atoms with E-state index in [0.29, 0.717) is 10.6 Å². The Morgan fingerprint density at radius 1 is 1.00 bits per heavy atom. The molecule has 0 amide bonds. The summed E-state index contributed by atoms with van der Waals surface area (Å²) in [5.74, 6) is 0.450. The van der Waals surface area contributed by atoms with E-state index in [1.54, 1.807) is 6.07 Å². The number of aromatic amines is 2. The lowest BCUT2D eigenvalue weighted by molar-refractivity contribution is 0.630. The number of benzene rings is 2. The molecule has 1 heterocycles. The van der Waals surface area contributed by atoms with Crippen LogP contribution < -0.4 is 0 Å². The average molecular weight is 245 g/mol. The van der Waals surface area contributed by atoms with Gasteiger partial charge in [0.1, 0.15) is 5.82 Å². The van der Waals surface area contributed by atoms with Crippen molar-refractivity contribution in [2.45, 2.75) is 0 Å². The number of nitrogens with one attached hydrogen (secondary N) is 2. The lowest BCUT2D eigenvalue weighted by Crippen LogP contribution is -1.82. The van der Waals surface area contributed by atoms with E-state index in [4.69, 9.17) is 12.2 Å². The van der Waals surface area contributed by atoms with Crippen LogP contribution in [0, 0.1) is 10.6 Å². The van der Waals surface area contributed by atoms with E-state index < -0.39 is 0 Å². The number of H-pyrrole nitrogens is 2. The highest BCUT2D eigenvalue weighted by molar-refractivity contribution is 7.71. The topological polar surface area (TPSA) is 44.5 Å². The van der Waals surface area contributed by atoms with Crippen LogP contribution >= 0.6 is 12.2 Å². The third kappa shape index (κ3) is 1.85. The molecular formula is C12H8FN3S. The Morgan fingerprint density at radius 2 is 1.76 bits per heavy atom. The van der Waals surface area contributed by atoms with Crippen molar-refractivity contribution in [3.63, 3.8) is 0 Å². The predicted octanol–water partition coefficient (Wildman–Crippen LogP) is 3.43. The molecule has 1 aromatic heterocycles. The molecule has 0 atom stereocenters. The van der Waals surface area contributed by atoms with Crippen molar-refractivity contribution < 1.29 is 4.39 Å². The van der Waals surface area contributed by atoms with Crippen LogP contribution in [0.1, 0.15) is 0 Å². The van der Waals surface area contributed by atoms with Gasteiger partial charge in [-0.25, -0.2) is 4.39 Å². The minimum atomic E-state index is -0.232. The van der Waals surface area contributed by atoms with Crippen molar-refractivity contribution in [3.05, 3.63) is 47.0 Å². The van der Waals surface area contributed by atoms with E-state index in [-0.39, 0.29) is 5.82 Å². The maximum absolute atomic E-state index is 13.0. The highest BCUT2D eigenvalue weighted by Crippen LogP contribution is 2.22. The van der Waals surface area contributed by atoms with Crippen LogP contribution in [-0.2, 0) is 0 Å². The number of nitrogens with zero attached hydrogens (tertiary/aromatic N) is 1. The number of hydrogen-bond acceptors (Lipinski definition) is 2. The Morgan fingerprint density at radius 3 is 2.53 bits per heavy atom. The maximum Gasteiger partial charge on any atom is 0.213 e. The quantitative estimate of drug-likeness (QED) is 0.645. The largest absolute Gasteiger partial charge is 0.282 e. The number of fused-ring (bicyclic) bond motifs is 1. The summed E-state index contributed by atoms with van der Waals surface area (Å²) < 4.78 is 13.4. The second-order valence-electron chi connectivity index (χ2n) is 3.72. The molecule has 3 rings (SSSR count). The first-order valence-electron chi connectivity index (χ1n) is 5.07. The number of hydrogen-bond donors (Lipinski definition) is 2. The smallest absolute Gasteiger partial charge is 0.213 e. The number of halogens is 1. The Balaban J connectivity index is 2.20. The fraction of sp³-hybridized carbons (Fsp3) is 0. The van der Waals surface area contributed by atoms with Gasteiger partial charge in [-0.1, -0.05) is 18.2 Å². The van der Waals surface area contributed by atoms with Crippen molar-refractivity contribution >= 4 is 23.0 Å². The zero-order chi connectivity index (χ0) is 11.8. The van der Waals surface area contributed by atoms with Gasteiger partial charge in [-0.2, -0.15) is 4.98 Å². The molecule has 0 aliphatic carbocycles. The molecule has 2 N–H and O–H groups in total. The molecular weight excluding hydrogens is 237 g/mol. The van der Waals surface area contributed by atoms with E-state index in [2.05, 4.69) is 15.2 Å². The summed E-state index contributed by atoms with van der Waals surface area (Å²) in [6.45, 7) is 0. The van der Waals surface area contributed by atoms with Gasteiger partial charge in [0.15, 0.2) is 5.82 Å². The van der Waals surface area contributed by atoms with Crippen LogP contribution in [0.15, 0.2) is 36.4 Å². The van der Waals surface area contributed by atoms with Gasteiger partial charge in [0.25, 0.3) is 0 Å². The van der Waals surface area contributed by atoms with Crippen LogP contribution in [-0.4, -0.2) is 15.2 Å². The highest BCUT2D eigenvalue weighted by atomic mass is 32.1. The molecule has 3 nitrogen and oxygen atoms in total. The lowest BCUT2D eigenvalue weighted by Gasteiger charge is -2.00. The normalized spacial score (nSPS) is 10.9. The second-order valence-corrected chi connectivity index (χ2v) is 4.11. The second kappa shape index (κ2) is 3.78. The third-order valence-electron chi connectivity index (χ3n) is 2.58. The molecule has 0 bridgehead atoms. The molecule has 0 aliphatic heterocycles. The van der Waals surface area contributed by atoms with Gasteiger partial charge in [0, 0.05) is 5.56 Å². The molecule has 2 aromatic carbocycles. The Hall–Kier alpha value is -2.01. The van der Waals surface area contributed by atoms with Crippen molar-refractivity contribution in [1.82, 2.24) is 15.2 Å². The maximum atomic E-state index is 13.0. The van der Waals surface area contributed by atoms with E-state index in [1.807, 2.05) is 18.2 Å². The van der Waals surface area contributed by atoms with Crippen LogP contribution in [0.4, 0.5) is 4.39 Å². The molecule has 0 radical (unpaired) electrons. The molecule has 0 fully saturated rings. The minimum Gasteiger partial charge on any atom is -0.282 e. The zero-order valence-electron chi connectivity index (χ0n) is 8.70. The van der Waals surface area contributed by atoms with Crippen LogP contribution in [0.2, 0.25) is 0 Å². The van der Waals surface area contributed by atoms with Crippen molar-refractivity contribution in [2.24, 2.45) is 0 Å². The summed E-state index contributed by atoms with van der Waals surface area (Å²) in [4.78, 5) is 4.13. The number of aromatic nitrogens is 3. The average Bonchev–Trinajstić information content (AvgIpc) is 2.75. The zero-order valence-corrected chi connectivity index (χ0v) is 9.51. The van der Waals surface area contributed by atoms with E-state index in [9.17, 15) is 4.39 Å². The lowest BCUT2D eigenvalue weighted by atomic mass is 10.1. The Labute approximate surface area is 101 Å². The fourth-order valence-electron chi connectivity index (χ4n) is 1.77. The Bertz CT molecular complexity index is 745. The van der Waals surface area contributed by atoms with Gasteiger partial charge in [0.05, 0.1) is 0 Å². The van der Waals surface area contributed by atoms with Gasteiger partial charge in [0.2, 0.25) is 4.77 Å². The molecule has 0 saturated carbocycles. The minimum absolute atomic E-state index is 0.232. The molecule has 0 unspecified atom stereocenters. The monoisotopic (exact) mass is 245 g/mol. The van der Waals surface area contributed by atoms with Gasteiger partial charge < -0.3 is 0 Å². The molecule has 3 aromatic rings. The predicted molar refractivity (Wildman–Crippen MR) is 66.7 cm³/mol. The Kier molecular flexibility index (Phi) is 2.26. The summed E-state index contributed by atoms with van der Waals surface area (Å²) in [7, 11) is 0.